The van der Waals surface area contributed by atoms with Gasteiger partial charge in [0, 0.05) is 10.5 Å². The van der Waals surface area contributed by atoms with E-state index >= 15 is 0 Å². The van der Waals surface area contributed by atoms with Gasteiger partial charge in [-0.3, -0.25) is 0 Å². The van der Waals surface area contributed by atoms with E-state index in [-0.39, 0.29) is 11.0 Å². The van der Waals surface area contributed by atoms with Gasteiger partial charge in [0.25, 0.3) is 0 Å². The first-order valence-corrected chi connectivity index (χ1v) is 6.64. The van der Waals surface area contributed by atoms with Crippen molar-refractivity contribution in [2.45, 2.75) is 6.18 Å². The Kier molecular flexibility index (Phi) is 4.41. The number of anilines is 2. The molecule has 0 bridgehead atoms. The van der Waals surface area contributed by atoms with E-state index in [1.807, 2.05) is 0 Å². The molecule has 0 amide bonds. The van der Waals surface area contributed by atoms with Crippen LogP contribution < -0.4 is 5.32 Å². The quantitative estimate of drug-likeness (QED) is 0.711. The molecule has 2 aromatic rings. The lowest BCUT2D eigenvalue weighted by molar-refractivity contribution is -0.144. The van der Waals surface area contributed by atoms with Crippen LogP contribution in [0.25, 0.3) is 0 Å². The molecule has 0 aliphatic rings. The number of benzene rings is 1. The van der Waals surface area contributed by atoms with Crippen LogP contribution in [0, 0.1) is 0 Å². The first-order chi connectivity index (χ1) is 9.25. The Hall–Kier alpha value is -1.05. The third kappa shape index (κ3) is 3.74. The van der Waals surface area contributed by atoms with Gasteiger partial charge < -0.3 is 5.32 Å². The largest absolute Gasteiger partial charge is 0.451 e. The molecule has 1 heterocycles. The maximum absolute atomic E-state index is 12.6. The van der Waals surface area contributed by atoms with Crippen LogP contribution in [-0.2, 0) is 6.18 Å². The third-order valence-electron chi connectivity index (χ3n) is 2.14. The fraction of sp³-hybridized carbons (Fsp3) is 0.0909. The summed E-state index contributed by atoms with van der Waals surface area (Å²) in [7, 11) is 0. The summed E-state index contributed by atoms with van der Waals surface area (Å²) in [6, 6.07) is 6.05. The Bertz CT molecular complexity index is 649. The number of rotatable bonds is 2. The van der Waals surface area contributed by atoms with Crippen molar-refractivity contribution in [3.05, 3.63) is 44.7 Å². The molecule has 1 N–H and O–H groups in total. The first-order valence-electron chi connectivity index (χ1n) is 5.09. The van der Waals surface area contributed by atoms with Gasteiger partial charge in [-0.2, -0.15) is 13.2 Å². The van der Waals surface area contributed by atoms with Crippen LogP contribution in [0.3, 0.4) is 0 Å². The minimum atomic E-state index is -4.68. The van der Waals surface area contributed by atoms with Gasteiger partial charge in [-0.15, -0.1) is 0 Å². The second kappa shape index (κ2) is 5.75. The number of halogens is 6. The predicted molar refractivity (Wildman–Crippen MR) is 74.5 cm³/mol. The van der Waals surface area contributed by atoms with Crippen LogP contribution >= 0.6 is 39.1 Å². The molecule has 9 heteroatoms. The van der Waals surface area contributed by atoms with Crippen molar-refractivity contribution in [1.82, 2.24) is 9.97 Å². The Balaban J connectivity index is 2.36. The highest BCUT2D eigenvalue weighted by molar-refractivity contribution is 9.10. The van der Waals surface area contributed by atoms with Crippen molar-refractivity contribution in [2.24, 2.45) is 0 Å². The van der Waals surface area contributed by atoms with Crippen LogP contribution in [-0.4, -0.2) is 9.97 Å². The summed E-state index contributed by atoms with van der Waals surface area (Å²) in [5.41, 5.74) is 0.401. The third-order valence-corrected chi connectivity index (χ3v) is 3.14. The minimum absolute atomic E-state index is 0.0958. The van der Waals surface area contributed by atoms with E-state index in [9.17, 15) is 13.2 Å². The molecule has 0 saturated heterocycles. The lowest BCUT2D eigenvalue weighted by Gasteiger charge is -2.11. The monoisotopic (exact) mass is 385 g/mol. The topological polar surface area (TPSA) is 37.8 Å². The molecule has 1 aromatic carbocycles. The van der Waals surface area contributed by atoms with Gasteiger partial charge in [0.15, 0.2) is 0 Å². The Labute approximate surface area is 130 Å². The van der Waals surface area contributed by atoms with Gasteiger partial charge in [0.1, 0.15) is 11.0 Å². The number of alkyl halides is 3. The zero-order chi connectivity index (χ0) is 14.9. The van der Waals surface area contributed by atoms with Crippen LogP contribution in [0.15, 0.2) is 28.7 Å². The minimum Gasteiger partial charge on any atom is -0.339 e. The van der Waals surface area contributed by atoms with E-state index in [4.69, 9.17) is 23.2 Å². The smallest absolute Gasteiger partial charge is 0.339 e. The van der Waals surface area contributed by atoms with Crippen LogP contribution in [0.2, 0.25) is 10.2 Å². The second-order valence-electron chi connectivity index (χ2n) is 3.65. The van der Waals surface area contributed by atoms with Crippen molar-refractivity contribution in [1.29, 1.82) is 0 Å². The average molecular weight is 387 g/mol. The highest BCUT2D eigenvalue weighted by atomic mass is 79.9. The van der Waals surface area contributed by atoms with E-state index in [2.05, 4.69) is 31.2 Å². The normalized spacial score (nSPS) is 11.5. The molecule has 1 aromatic heterocycles. The van der Waals surface area contributed by atoms with Crippen LogP contribution in [0.4, 0.5) is 24.7 Å². The molecule has 0 radical (unpaired) electrons. The summed E-state index contributed by atoms with van der Waals surface area (Å²) in [6.07, 6.45) is -4.68. The van der Waals surface area contributed by atoms with Crippen molar-refractivity contribution < 1.29 is 13.2 Å². The number of hydrogen-bond donors (Lipinski definition) is 1. The van der Waals surface area contributed by atoms with Crippen LogP contribution in [0.5, 0.6) is 0 Å². The van der Waals surface area contributed by atoms with Crippen molar-refractivity contribution in [2.75, 3.05) is 5.32 Å². The Morgan fingerprint density at radius 1 is 1.10 bits per heavy atom. The molecule has 0 aliphatic carbocycles. The van der Waals surface area contributed by atoms with Gasteiger partial charge >= 0.3 is 6.18 Å². The van der Waals surface area contributed by atoms with Gasteiger partial charge in [-0.05, 0) is 18.2 Å². The molecule has 0 aliphatic heterocycles. The van der Waals surface area contributed by atoms with Gasteiger partial charge in [0.2, 0.25) is 5.82 Å². The second-order valence-corrected chi connectivity index (χ2v) is 5.36. The molecular weight excluding hydrogens is 382 g/mol. The standard InChI is InChI=1S/C11H5BrCl2F3N3/c12-5-1-2-7(6(13)3-5)18-9-4-8(14)19-10(20-9)11(15,16)17/h1-4H,(H,18,19,20). The van der Waals surface area contributed by atoms with E-state index in [1.165, 1.54) is 6.07 Å². The van der Waals surface area contributed by atoms with E-state index in [1.54, 1.807) is 18.2 Å². The number of hydrogen-bond acceptors (Lipinski definition) is 3. The fourth-order valence-electron chi connectivity index (χ4n) is 1.34. The van der Waals surface area contributed by atoms with Crippen molar-refractivity contribution in [3.63, 3.8) is 0 Å². The van der Waals surface area contributed by atoms with Crippen molar-refractivity contribution in [3.8, 4) is 0 Å². The summed E-state index contributed by atoms with van der Waals surface area (Å²) in [4.78, 5) is 6.49. The molecule has 20 heavy (non-hydrogen) atoms. The van der Waals surface area contributed by atoms with Crippen molar-refractivity contribution >= 4 is 50.6 Å². The van der Waals surface area contributed by atoms with Gasteiger partial charge in [0.05, 0.1) is 10.7 Å². The van der Waals surface area contributed by atoms with E-state index in [0.717, 1.165) is 4.47 Å². The first kappa shape index (κ1) is 15.3. The molecule has 0 spiro atoms. The number of nitrogens with one attached hydrogen (secondary N) is 1. The van der Waals surface area contributed by atoms with Gasteiger partial charge in [-0.25, -0.2) is 9.97 Å². The molecule has 106 valence electrons. The highest BCUT2D eigenvalue weighted by Gasteiger charge is 2.35. The molecule has 0 fully saturated rings. The predicted octanol–water partition coefficient (Wildman–Crippen LogP) is 5.31. The molecule has 2 rings (SSSR count). The Morgan fingerprint density at radius 2 is 1.80 bits per heavy atom. The summed E-state index contributed by atoms with van der Waals surface area (Å²) >= 11 is 14.7. The molecular formula is C11H5BrCl2F3N3. The zero-order valence-electron chi connectivity index (χ0n) is 9.47. The maximum atomic E-state index is 12.6. The summed E-state index contributed by atoms with van der Waals surface area (Å²) < 4.78 is 38.5. The average Bonchev–Trinajstić information content (AvgIpc) is 2.31. The summed E-state index contributed by atoms with van der Waals surface area (Å²) in [5.74, 6) is -1.41. The SMILES string of the molecule is FC(F)(F)c1nc(Cl)cc(Nc2ccc(Br)cc2Cl)n1. The maximum Gasteiger partial charge on any atom is 0.451 e. The lowest BCUT2D eigenvalue weighted by Crippen LogP contribution is -2.12. The van der Waals surface area contributed by atoms with E-state index in [0.29, 0.717) is 10.7 Å². The lowest BCUT2D eigenvalue weighted by atomic mass is 10.3. The highest BCUT2D eigenvalue weighted by Crippen LogP contribution is 2.31. The summed E-state index contributed by atoms with van der Waals surface area (Å²) in [5, 5.41) is 2.67. The number of nitrogens with zero attached hydrogens (tertiary/aromatic N) is 2. The molecule has 0 atom stereocenters. The summed E-state index contributed by atoms with van der Waals surface area (Å²) in [6.45, 7) is 0. The fourth-order valence-corrected chi connectivity index (χ4v) is 2.24. The molecule has 0 saturated carbocycles. The Morgan fingerprint density at radius 3 is 2.40 bits per heavy atom. The molecule has 0 unspecified atom stereocenters. The van der Waals surface area contributed by atoms with Gasteiger partial charge in [-0.1, -0.05) is 39.1 Å². The van der Waals surface area contributed by atoms with Crippen LogP contribution in [0.1, 0.15) is 5.82 Å². The number of aromatic nitrogens is 2. The zero-order valence-corrected chi connectivity index (χ0v) is 12.6. The molecule has 3 nitrogen and oxygen atoms in total. The van der Waals surface area contributed by atoms with E-state index < -0.39 is 12.0 Å².